The molecule has 0 aliphatic heterocycles. The van der Waals surface area contributed by atoms with Crippen LogP contribution < -0.4 is 10.7 Å². The van der Waals surface area contributed by atoms with Crippen LogP contribution in [0.15, 0.2) is 35.1 Å². The molecule has 0 spiro atoms. The standard InChI is InChI=1S/C20H24N2O2S/c1-4-22(5-2)12-11-21-14-10-9-13(3)20-17(14)19(24)18-15(23)7-6-8-16(18)25-20/h6-10,21,23H,4-5,11-12H2,1-3H3. The Morgan fingerprint density at radius 2 is 1.88 bits per heavy atom. The summed E-state index contributed by atoms with van der Waals surface area (Å²) in [5.74, 6) is 0.0521. The lowest BCUT2D eigenvalue weighted by atomic mass is 10.1. The van der Waals surface area contributed by atoms with Gasteiger partial charge in [-0.05, 0) is 43.8 Å². The first-order valence-electron chi connectivity index (χ1n) is 8.71. The summed E-state index contributed by atoms with van der Waals surface area (Å²) in [5, 5.41) is 14.7. The van der Waals surface area contributed by atoms with Gasteiger partial charge < -0.3 is 15.3 Å². The molecule has 0 amide bonds. The third-order valence-corrected chi connectivity index (χ3v) is 5.95. The van der Waals surface area contributed by atoms with Gasteiger partial charge in [0.2, 0.25) is 5.43 Å². The van der Waals surface area contributed by atoms with Crippen molar-refractivity contribution in [2.24, 2.45) is 0 Å². The van der Waals surface area contributed by atoms with E-state index < -0.39 is 0 Å². The molecule has 0 aliphatic carbocycles. The largest absolute Gasteiger partial charge is 0.507 e. The first-order chi connectivity index (χ1) is 12.1. The molecule has 0 bridgehead atoms. The second-order valence-corrected chi connectivity index (χ2v) is 7.22. The number of nitrogens with one attached hydrogen (secondary N) is 1. The molecule has 0 fully saturated rings. The van der Waals surface area contributed by atoms with E-state index in [0.29, 0.717) is 10.8 Å². The smallest absolute Gasteiger partial charge is 0.201 e. The highest BCUT2D eigenvalue weighted by molar-refractivity contribution is 7.24. The van der Waals surface area contributed by atoms with Crippen LogP contribution in [0.5, 0.6) is 5.75 Å². The summed E-state index contributed by atoms with van der Waals surface area (Å²) in [6.07, 6.45) is 0. The number of benzene rings is 2. The number of rotatable bonds is 6. The highest BCUT2D eigenvalue weighted by Crippen LogP contribution is 2.34. The van der Waals surface area contributed by atoms with Gasteiger partial charge in [0.15, 0.2) is 0 Å². The summed E-state index contributed by atoms with van der Waals surface area (Å²) in [6, 6.07) is 9.26. The minimum absolute atomic E-state index is 0.0521. The molecule has 2 aromatic carbocycles. The third-order valence-electron chi connectivity index (χ3n) is 4.66. The summed E-state index contributed by atoms with van der Waals surface area (Å²) >= 11 is 1.56. The van der Waals surface area contributed by atoms with Gasteiger partial charge in [0.1, 0.15) is 5.75 Å². The van der Waals surface area contributed by atoms with Gasteiger partial charge in [0.05, 0.1) is 10.8 Å². The van der Waals surface area contributed by atoms with Crippen molar-refractivity contribution in [3.8, 4) is 5.75 Å². The van der Waals surface area contributed by atoms with Gasteiger partial charge in [-0.2, -0.15) is 0 Å². The van der Waals surface area contributed by atoms with Crippen LogP contribution in [0, 0.1) is 6.92 Å². The van der Waals surface area contributed by atoms with Gasteiger partial charge >= 0.3 is 0 Å². The predicted molar refractivity (Wildman–Crippen MR) is 108 cm³/mol. The molecule has 1 heterocycles. The first-order valence-corrected chi connectivity index (χ1v) is 9.52. The van der Waals surface area contributed by atoms with Gasteiger partial charge in [-0.3, -0.25) is 4.79 Å². The number of anilines is 1. The van der Waals surface area contributed by atoms with E-state index in [0.717, 1.165) is 46.8 Å². The SMILES string of the molecule is CCN(CC)CCNc1ccc(C)c2sc3cccc(O)c3c(=O)c12. The highest BCUT2D eigenvalue weighted by atomic mass is 32.1. The van der Waals surface area contributed by atoms with Gasteiger partial charge in [0, 0.05) is 28.2 Å². The number of likely N-dealkylation sites (N-methyl/N-ethyl adjacent to an activating group) is 1. The van der Waals surface area contributed by atoms with E-state index in [4.69, 9.17) is 0 Å². The van der Waals surface area contributed by atoms with Crippen LogP contribution >= 0.6 is 11.3 Å². The Morgan fingerprint density at radius 3 is 2.60 bits per heavy atom. The molecule has 5 heteroatoms. The summed E-state index contributed by atoms with van der Waals surface area (Å²) < 4.78 is 1.80. The van der Waals surface area contributed by atoms with Crippen molar-refractivity contribution in [2.45, 2.75) is 20.8 Å². The fourth-order valence-corrected chi connectivity index (χ4v) is 4.35. The lowest BCUT2D eigenvalue weighted by Crippen LogP contribution is -2.28. The molecule has 4 nitrogen and oxygen atoms in total. The van der Waals surface area contributed by atoms with E-state index in [1.54, 1.807) is 23.5 Å². The number of nitrogens with zero attached hydrogens (tertiary/aromatic N) is 1. The zero-order chi connectivity index (χ0) is 18.0. The van der Waals surface area contributed by atoms with Crippen LogP contribution in [0.25, 0.3) is 20.2 Å². The van der Waals surface area contributed by atoms with Crippen LogP contribution in [0.3, 0.4) is 0 Å². The number of phenols is 1. The number of phenolic OH excluding ortho intramolecular Hbond substituents is 1. The fraction of sp³-hybridized carbons (Fsp3) is 0.350. The monoisotopic (exact) mass is 356 g/mol. The molecule has 0 unspecified atom stereocenters. The normalized spacial score (nSPS) is 11.5. The van der Waals surface area contributed by atoms with Crippen molar-refractivity contribution < 1.29 is 5.11 Å². The molecular formula is C20H24N2O2S. The topological polar surface area (TPSA) is 52.6 Å². The Kier molecular flexibility index (Phi) is 5.25. The van der Waals surface area contributed by atoms with Crippen molar-refractivity contribution in [3.05, 3.63) is 46.1 Å². The van der Waals surface area contributed by atoms with E-state index in [2.05, 4.69) is 24.1 Å². The number of fused-ring (bicyclic) bond motifs is 2. The molecule has 0 saturated carbocycles. The van der Waals surface area contributed by atoms with E-state index in [9.17, 15) is 9.90 Å². The number of aryl methyl sites for hydroxylation is 1. The maximum absolute atomic E-state index is 13.1. The molecular weight excluding hydrogens is 332 g/mol. The van der Waals surface area contributed by atoms with Crippen molar-refractivity contribution in [1.29, 1.82) is 0 Å². The summed E-state index contributed by atoms with van der Waals surface area (Å²) in [4.78, 5) is 15.4. The van der Waals surface area contributed by atoms with Gasteiger partial charge in [-0.15, -0.1) is 11.3 Å². The van der Waals surface area contributed by atoms with E-state index >= 15 is 0 Å². The Balaban J connectivity index is 2.09. The van der Waals surface area contributed by atoms with Gasteiger partial charge in [-0.1, -0.05) is 26.0 Å². The van der Waals surface area contributed by atoms with Crippen LogP contribution in [0.2, 0.25) is 0 Å². The number of hydrogen-bond donors (Lipinski definition) is 2. The van der Waals surface area contributed by atoms with Gasteiger partial charge in [0.25, 0.3) is 0 Å². The van der Waals surface area contributed by atoms with Crippen LogP contribution in [0.1, 0.15) is 19.4 Å². The zero-order valence-electron chi connectivity index (χ0n) is 14.9. The predicted octanol–water partition coefficient (Wildman–Crippen LogP) is 4.18. The zero-order valence-corrected chi connectivity index (χ0v) is 15.7. The Hall–Kier alpha value is -2.11. The molecule has 3 rings (SSSR count). The summed E-state index contributed by atoms with van der Waals surface area (Å²) in [6.45, 7) is 10.1. The lowest BCUT2D eigenvalue weighted by Gasteiger charge is -2.19. The van der Waals surface area contributed by atoms with Crippen LogP contribution in [0.4, 0.5) is 5.69 Å². The van der Waals surface area contributed by atoms with Gasteiger partial charge in [-0.25, -0.2) is 0 Å². The van der Waals surface area contributed by atoms with E-state index in [1.807, 2.05) is 25.1 Å². The molecule has 2 N–H and O–H groups in total. The van der Waals surface area contributed by atoms with E-state index in [1.165, 1.54) is 0 Å². The second kappa shape index (κ2) is 7.42. The minimum atomic E-state index is -0.101. The first kappa shape index (κ1) is 17.7. The Bertz CT molecular complexity index is 961. The molecule has 3 aromatic rings. The maximum Gasteiger partial charge on any atom is 0.201 e. The number of aromatic hydroxyl groups is 1. The van der Waals surface area contributed by atoms with Crippen molar-refractivity contribution >= 4 is 37.2 Å². The maximum atomic E-state index is 13.1. The highest BCUT2D eigenvalue weighted by Gasteiger charge is 2.14. The quantitative estimate of drug-likeness (QED) is 0.651. The molecule has 0 aliphatic rings. The fourth-order valence-electron chi connectivity index (χ4n) is 3.15. The van der Waals surface area contributed by atoms with Crippen LogP contribution in [-0.2, 0) is 0 Å². The summed E-state index contributed by atoms with van der Waals surface area (Å²) in [5.41, 5.74) is 1.83. The molecule has 1 aromatic heterocycles. The van der Waals surface area contributed by atoms with Crippen molar-refractivity contribution in [1.82, 2.24) is 4.90 Å². The second-order valence-electron chi connectivity index (χ2n) is 6.17. The summed E-state index contributed by atoms with van der Waals surface area (Å²) in [7, 11) is 0. The molecule has 25 heavy (non-hydrogen) atoms. The molecule has 132 valence electrons. The lowest BCUT2D eigenvalue weighted by molar-refractivity contribution is 0.316. The Labute approximate surface area is 151 Å². The average molecular weight is 356 g/mol. The van der Waals surface area contributed by atoms with Crippen LogP contribution in [-0.4, -0.2) is 36.2 Å². The molecule has 0 atom stereocenters. The minimum Gasteiger partial charge on any atom is -0.507 e. The van der Waals surface area contributed by atoms with Crippen molar-refractivity contribution in [3.63, 3.8) is 0 Å². The van der Waals surface area contributed by atoms with Crippen molar-refractivity contribution in [2.75, 3.05) is 31.5 Å². The average Bonchev–Trinajstić information content (AvgIpc) is 2.61. The Morgan fingerprint density at radius 1 is 1.12 bits per heavy atom. The van der Waals surface area contributed by atoms with E-state index in [-0.39, 0.29) is 11.2 Å². The molecule has 0 radical (unpaired) electrons. The third kappa shape index (κ3) is 3.34. The molecule has 0 saturated heterocycles. The number of hydrogen-bond acceptors (Lipinski definition) is 5.